The average molecular weight is 386 g/mol. The summed E-state index contributed by atoms with van der Waals surface area (Å²) in [4.78, 5) is 14.2. The standard InChI is InChI=1S/C22H27FN2O3/c1-16(2)27-21-5-3-4-17(14-21)15-24-22(26)25-12-10-20(11-13-25)28-19-8-6-18(23)7-9-19/h3-9,14,16,20H,10-13,15H2,1-2H3,(H,24,26). The van der Waals surface area contributed by atoms with Crippen LogP contribution < -0.4 is 14.8 Å². The van der Waals surface area contributed by atoms with Gasteiger partial charge < -0.3 is 19.7 Å². The van der Waals surface area contributed by atoms with E-state index in [-0.39, 0.29) is 24.1 Å². The zero-order valence-corrected chi connectivity index (χ0v) is 16.4. The Balaban J connectivity index is 1.43. The second kappa shape index (κ2) is 9.44. The second-order valence-corrected chi connectivity index (χ2v) is 7.23. The van der Waals surface area contributed by atoms with Gasteiger partial charge in [0.2, 0.25) is 0 Å². The molecule has 1 fully saturated rings. The third kappa shape index (κ3) is 5.87. The third-order valence-electron chi connectivity index (χ3n) is 4.56. The fraction of sp³-hybridized carbons (Fsp3) is 0.409. The number of halogens is 1. The normalized spacial score (nSPS) is 14.8. The van der Waals surface area contributed by atoms with E-state index in [1.165, 1.54) is 12.1 Å². The van der Waals surface area contributed by atoms with Crippen molar-refractivity contribution < 1.29 is 18.7 Å². The molecule has 1 heterocycles. The molecule has 150 valence electrons. The molecular formula is C22H27FN2O3. The van der Waals surface area contributed by atoms with Crippen LogP contribution in [0.2, 0.25) is 0 Å². The van der Waals surface area contributed by atoms with Crippen LogP contribution in [0.15, 0.2) is 48.5 Å². The van der Waals surface area contributed by atoms with Gasteiger partial charge in [-0.2, -0.15) is 0 Å². The lowest BCUT2D eigenvalue weighted by molar-refractivity contribution is 0.111. The number of nitrogens with one attached hydrogen (secondary N) is 1. The zero-order chi connectivity index (χ0) is 19.9. The number of hydrogen-bond donors (Lipinski definition) is 1. The van der Waals surface area contributed by atoms with Gasteiger partial charge in [-0.1, -0.05) is 12.1 Å². The Labute approximate surface area is 165 Å². The summed E-state index contributed by atoms with van der Waals surface area (Å²) in [6.45, 7) is 5.69. The van der Waals surface area contributed by atoms with Crippen LogP contribution in [-0.2, 0) is 6.54 Å². The number of benzene rings is 2. The van der Waals surface area contributed by atoms with Crippen LogP contribution in [0.1, 0.15) is 32.3 Å². The first kappa shape index (κ1) is 20.0. The quantitative estimate of drug-likeness (QED) is 0.802. The molecule has 1 aliphatic rings. The predicted molar refractivity (Wildman–Crippen MR) is 106 cm³/mol. The van der Waals surface area contributed by atoms with E-state index in [1.54, 1.807) is 17.0 Å². The highest BCUT2D eigenvalue weighted by atomic mass is 19.1. The molecule has 1 N–H and O–H groups in total. The predicted octanol–water partition coefficient (Wildman–Crippen LogP) is 4.37. The van der Waals surface area contributed by atoms with Gasteiger partial charge in [-0.05, 0) is 55.8 Å². The van der Waals surface area contributed by atoms with Crippen molar-refractivity contribution >= 4 is 6.03 Å². The van der Waals surface area contributed by atoms with Crippen molar-refractivity contribution in [2.45, 2.75) is 45.4 Å². The Morgan fingerprint density at radius 2 is 1.86 bits per heavy atom. The Morgan fingerprint density at radius 1 is 1.14 bits per heavy atom. The number of hydrogen-bond acceptors (Lipinski definition) is 3. The van der Waals surface area contributed by atoms with Gasteiger partial charge in [0.05, 0.1) is 6.10 Å². The fourth-order valence-corrected chi connectivity index (χ4v) is 3.17. The number of ether oxygens (including phenoxy) is 2. The number of piperidine rings is 1. The van der Waals surface area contributed by atoms with Crippen molar-refractivity contribution in [1.82, 2.24) is 10.2 Å². The molecule has 0 atom stereocenters. The highest BCUT2D eigenvalue weighted by Gasteiger charge is 2.23. The van der Waals surface area contributed by atoms with Gasteiger partial charge in [0.25, 0.3) is 0 Å². The van der Waals surface area contributed by atoms with Crippen LogP contribution in [0, 0.1) is 5.82 Å². The summed E-state index contributed by atoms with van der Waals surface area (Å²) in [6.07, 6.45) is 1.66. The molecule has 2 aromatic rings. The summed E-state index contributed by atoms with van der Waals surface area (Å²) < 4.78 is 24.5. The van der Waals surface area contributed by atoms with Crippen molar-refractivity contribution in [3.8, 4) is 11.5 Å². The van der Waals surface area contributed by atoms with Gasteiger partial charge in [0.15, 0.2) is 0 Å². The zero-order valence-electron chi connectivity index (χ0n) is 16.4. The number of nitrogens with zero attached hydrogens (tertiary/aromatic N) is 1. The minimum atomic E-state index is -0.278. The van der Waals surface area contributed by atoms with Crippen molar-refractivity contribution in [2.75, 3.05) is 13.1 Å². The molecule has 28 heavy (non-hydrogen) atoms. The van der Waals surface area contributed by atoms with Crippen LogP contribution in [0.5, 0.6) is 11.5 Å². The van der Waals surface area contributed by atoms with Gasteiger partial charge in [0.1, 0.15) is 23.4 Å². The maximum absolute atomic E-state index is 13.0. The van der Waals surface area contributed by atoms with E-state index in [0.717, 1.165) is 24.2 Å². The minimum absolute atomic E-state index is 0.0411. The Morgan fingerprint density at radius 3 is 2.54 bits per heavy atom. The lowest BCUT2D eigenvalue weighted by Crippen LogP contribution is -2.46. The van der Waals surface area contributed by atoms with Crippen molar-refractivity contribution in [2.24, 2.45) is 0 Å². The molecular weight excluding hydrogens is 359 g/mol. The summed E-state index contributed by atoms with van der Waals surface area (Å²) in [5.41, 5.74) is 1.00. The summed E-state index contributed by atoms with van der Waals surface area (Å²) in [7, 11) is 0. The van der Waals surface area contributed by atoms with E-state index in [2.05, 4.69) is 5.32 Å². The van der Waals surface area contributed by atoms with Gasteiger partial charge in [-0.15, -0.1) is 0 Å². The first-order valence-electron chi connectivity index (χ1n) is 9.70. The van der Waals surface area contributed by atoms with E-state index < -0.39 is 0 Å². The summed E-state index contributed by atoms with van der Waals surface area (Å²) in [5, 5.41) is 2.97. The average Bonchev–Trinajstić information content (AvgIpc) is 2.68. The molecule has 0 saturated carbocycles. The van der Waals surface area contributed by atoms with Crippen LogP contribution in [0.25, 0.3) is 0 Å². The summed E-state index contributed by atoms with van der Waals surface area (Å²) >= 11 is 0. The fourth-order valence-electron chi connectivity index (χ4n) is 3.17. The van der Waals surface area contributed by atoms with E-state index in [1.807, 2.05) is 38.1 Å². The van der Waals surface area contributed by atoms with Gasteiger partial charge in [-0.3, -0.25) is 0 Å². The first-order valence-corrected chi connectivity index (χ1v) is 9.70. The van der Waals surface area contributed by atoms with Gasteiger partial charge in [-0.25, -0.2) is 9.18 Å². The van der Waals surface area contributed by atoms with Crippen molar-refractivity contribution in [1.29, 1.82) is 0 Å². The highest BCUT2D eigenvalue weighted by molar-refractivity contribution is 5.74. The smallest absolute Gasteiger partial charge is 0.317 e. The summed E-state index contributed by atoms with van der Waals surface area (Å²) in [5.74, 6) is 1.19. The molecule has 0 unspecified atom stereocenters. The Bertz CT molecular complexity index is 772. The number of urea groups is 1. The van der Waals surface area contributed by atoms with Crippen LogP contribution in [0.4, 0.5) is 9.18 Å². The number of carbonyl (C=O) groups excluding carboxylic acids is 1. The van der Waals surface area contributed by atoms with Crippen LogP contribution >= 0.6 is 0 Å². The number of rotatable bonds is 6. The minimum Gasteiger partial charge on any atom is -0.491 e. The Kier molecular flexibility index (Phi) is 6.74. The molecule has 0 bridgehead atoms. The lowest BCUT2D eigenvalue weighted by atomic mass is 10.1. The van der Waals surface area contributed by atoms with E-state index in [4.69, 9.17) is 9.47 Å². The highest BCUT2D eigenvalue weighted by Crippen LogP contribution is 2.20. The van der Waals surface area contributed by atoms with Gasteiger partial charge in [0, 0.05) is 32.5 Å². The molecule has 6 heteroatoms. The molecule has 2 amide bonds. The SMILES string of the molecule is CC(C)Oc1cccc(CNC(=O)N2CCC(Oc3ccc(F)cc3)CC2)c1. The van der Waals surface area contributed by atoms with Gasteiger partial charge >= 0.3 is 6.03 Å². The van der Waals surface area contributed by atoms with E-state index in [0.29, 0.717) is 25.4 Å². The monoisotopic (exact) mass is 386 g/mol. The molecule has 0 aliphatic carbocycles. The molecule has 0 spiro atoms. The van der Waals surface area contributed by atoms with E-state index in [9.17, 15) is 9.18 Å². The molecule has 1 saturated heterocycles. The molecule has 3 rings (SSSR count). The lowest BCUT2D eigenvalue weighted by Gasteiger charge is -2.32. The largest absolute Gasteiger partial charge is 0.491 e. The number of carbonyl (C=O) groups is 1. The van der Waals surface area contributed by atoms with E-state index >= 15 is 0 Å². The third-order valence-corrected chi connectivity index (χ3v) is 4.56. The number of likely N-dealkylation sites (tertiary alicyclic amines) is 1. The van der Waals surface area contributed by atoms with Crippen molar-refractivity contribution in [3.63, 3.8) is 0 Å². The maximum Gasteiger partial charge on any atom is 0.317 e. The van der Waals surface area contributed by atoms with Crippen molar-refractivity contribution in [3.05, 3.63) is 59.9 Å². The molecule has 2 aromatic carbocycles. The summed E-state index contributed by atoms with van der Waals surface area (Å²) in [6, 6.07) is 13.7. The maximum atomic E-state index is 13.0. The van der Waals surface area contributed by atoms with Crippen LogP contribution in [-0.4, -0.2) is 36.2 Å². The first-order chi connectivity index (χ1) is 13.5. The molecule has 5 nitrogen and oxygen atoms in total. The molecule has 0 aromatic heterocycles. The molecule has 0 radical (unpaired) electrons. The topological polar surface area (TPSA) is 50.8 Å². The molecule has 1 aliphatic heterocycles. The number of amides is 2. The van der Waals surface area contributed by atoms with Crippen LogP contribution in [0.3, 0.4) is 0 Å². The Hall–Kier alpha value is -2.76. The second-order valence-electron chi connectivity index (χ2n) is 7.23.